The number of rotatable bonds is 1. The number of hydrogen-bond donors (Lipinski definition) is 1. The van der Waals surface area contributed by atoms with E-state index < -0.39 is 0 Å². The van der Waals surface area contributed by atoms with Crippen molar-refractivity contribution in [3.8, 4) is 0 Å². The smallest absolute Gasteiger partial charge is 0.226 e. The van der Waals surface area contributed by atoms with Crippen LogP contribution >= 0.6 is 0 Å². The Bertz CT molecular complexity index is 282. The third-order valence-corrected chi connectivity index (χ3v) is 4.21. The number of piperazine rings is 1. The molecule has 2 aliphatic rings. The Morgan fingerprint density at radius 3 is 2.53 bits per heavy atom. The lowest BCUT2D eigenvalue weighted by Crippen LogP contribution is -2.63. The van der Waals surface area contributed by atoms with Crippen LogP contribution in [0.15, 0.2) is 0 Å². The van der Waals surface area contributed by atoms with Gasteiger partial charge < -0.3 is 10.2 Å². The summed E-state index contributed by atoms with van der Waals surface area (Å²) in [7, 11) is 0. The molecule has 1 heterocycles. The van der Waals surface area contributed by atoms with Gasteiger partial charge in [0.1, 0.15) is 0 Å². The fraction of sp³-hybridized carbons (Fsp3) is 0.929. The van der Waals surface area contributed by atoms with Crippen LogP contribution in [0.5, 0.6) is 0 Å². The quantitative estimate of drug-likeness (QED) is 0.759. The highest BCUT2D eigenvalue weighted by Gasteiger charge is 2.36. The third-order valence-electron chi connectivity index (χ3n) is 4.21. The van der Waals surface area contributed by atoms with E-state index in [0.29, 0.717) is 17.9 Å². The fourth-order valence-electron chi connectivity index (χ4n) is 3.05. The van der Waals surface area contributed by atoms with Crippen LogP contribution in [0.1, 0.15) is 52.9 Å². The number of amides is 1. The average Bonchev–Trinajstić information content (AvgIpc) is 2.33. The van der Waals surface area contributed by atoms with Crippen molar-refractivity contribution in [1.82, 2.24) is 10.2 Å². The summed E-state index contributed by atoms with van der Waals surface area (Å²) in [5.74, 6) is 0.715. The Hall–Kier alpha value is -0.570. The Morgan fingerprint density at radius 2 is 1.88 bits per heavy atom. The highest BCUT2D eigenvalue weighted by molar-refractivity contribution is 5.79. The molecular formula is C14H26N2O. The van der Waals surface area contributed by atoms with Gasteiger partial charge in [0.05, 0.1) is 0 Å². The summed E-state index contributed by atoms with van der Waals surface area (Å²) in [6, 6.07) is 0.345. The summed E-state index contributed by atoms with van der Waals surface area (Å²) in [6.45, 7) is 8.29. The van der Waals surface area contributed by atoms with Crippen molar-refractivity contribution in [2.24, 2.45) is 5.92 Å². The van der Waals surface area contributed by atoms with Crippen molar-refractivity contribution >= 4 is 5.91 Å². The molecule has 1 saturated carbocycles. The lowest BCUT2D eigenvalue weighted by Gasteiger charge is -2.45. The van der Waals surface area contributed by atoms with E-state index in [-0.39, 0.29) is 5.54 Å². The monoisotopic (exact) mass is 238 g/mol. The number of nitrogens with zero attached hydrogens (tertiary/aromatic N) is 1. The van der Waals surface area contributed by atoms with Gasteiger partial charge in [0.25, 0.3) is 0 Å². The average molecular weight is 238 g/mol. The van der Waals surface area contributed by atoms with Gasteiger partial charge in [-0.25, -0.2) is 0 Å². The first-order chi connectivity index (χ1) is 7.99. The molecule has 1 saturated heterocycles. The van der Waals surface area contributed by atoms with Crippen LogP contribution in [0.25, 0.3) is 0 Å². The van der Waals surface area contributed by atoms with E-state index >= 15 is 0 Å². The van der Waals surface area contributed by atoms with Crippen molar-refractivity contribution in [1.29, 1.82) is 0 Å². The van der Waals surface area contributed by atoms with E-state index in [2.05, 4.69) is 31.0 Å². The van der Waals surface area contributed by atoms with Crippen LogP contribution in [0, 0.1) is 5.92 Å². The maximum absolute atomic E-state index is 12.5. The number of nitrogens with one attached hydrogen (secondary N) is 1. The highest BCUT2D eigenvalue weighted by atomic mass is 16.2. The fourth-order valence-corrected chi connectivity index (χ4v) is 3.05. The van der Waals surface area contributed by atoms with Crippen LogP contribution in [-0.2, 0) is 4.79 Å². The van der Waals surface area contributed by atoms with Crippen molar-refractivity contribution in [3.63, 3.8) is 0 Å². The summed E-state index contributed by atoms with van der Waals surface area (Å²) in [5.41, 5.74) is 0.0663. The lowest BCUT2D eigenvalue weighted by molar-refractivity contribution is -0.141. The first-order valence-electron chi connectivity index (χ1n) is 7.05. The Morgan fingerprint density at radius 1 is 1.24 bits per heavy atom. The molecule has 1 aliphatic carbocycles. The molecular weight excluding hydrogens is 212 g/mol. The minimum Gasteiger partial charge on any atom is -0.337 e. The molecule has 3 nitrogen and oxygen atoms in total. The standard InChI is InChI=1S/C14H26N2O/c1-11-9-15-14(2,3)10-16(11)13(17)12-7-5-4-6-8-12/h11-12,15H,4-10H2,1-3H3. The Kier molecular flexibility index (Phi) is 3.76. The zero-order valence-electron chi connectivity index (χ0n) is 11.5. The number of carbonyl (C=O) groups excluding carboxylic acids is 1. The largest absolute Gasteiger partial charge is 0.337 e. The summed E-state index contributed by atoms with van der Waals surface area (Å²) >= 11 is 0. The van der Waals surface area contributed by atoms with Gasteiger partial charge in [-0.3, -0.25) is 4.79 Å². The summed E-state index contributed by atoms with van der Waals surface area (Å²) in [6.07, 6.45) is 6.00. The molecule has 17 heavy (non-hydrogen) atoms. The third kappa shape index (κ3) is 3.01. The second-order valence-corrected chi connectivity index (χ2v) is 6.41. The molecule has 2 fully saturated rings. The van der Waals surface area contributed by atoms with Crippen molar-refractivity contribution < 1.29 is 4.79 Å². The molecule has 1 aliphatic heterocycles. The molecule has 0 aromatic rings. The molecule has 0 aromatic heterocycles. The second-order valence-electron chi connectivity index (χ2n) is 6.41. The van der Waals surface area contributed by atoms with Crippen LogP contribution < -0.4 is 5.32 Å². The maximum Gasteiger partial charge on any atom is 0.226 e. The van der Waals surface area contributed by atoms with Crippen LogP contribution in [0.4, 0.5) is 0 Å². The molecule has 1 N–H and O–H groups in total. The zero-order chi connectivity index (χ0) is 12.5. The van der Waals surface area contributed by atoms with Gasteiger partial charge in [0.15, 0.2) is 0 Å². The molecule has 3 heteroatoms. The van der Waals surface area contributed by atoms with Crippen LogP contribution in [0.2, 0.25) is 0 Å². The van der Waals surface area contributed by atoms with E-state index in [1.165, 1.54) is 19.3 Å². The minimum atomic E-state index is 0.0663. The highest BCUT2D eigenvalue weighted by Crippen LogP contribution is 2.27. The summed E-state index contributed by atoms with van der Waals surface area (Å²) in [4.78, 5) is 14.7. The van der Waals surface area contributed by atoms with Gasteiger partial charge in [-0.15, -0.1) is 0 Å². The second kappa shape index (κ2) is 4.97. The molecule has 0 aromatic carbocycles. The zero-order valence-corrected chi connectivity index (χ0v) is 11.5. The molecule has 0 radical (unpaired) electrons. The predicted molar refractivity (Wildman–Crippen MR) is 69.8 cm³/mol. The number of carbonyl (C=O) groups is 1. The SMILES string of the molecule is CC1CNC(C)(C)CN1C(=O)C1CCCCC1. The molecule has 0 spiro atoms. The minimum absolute atomic E-state index is 0.0663. The van der Waals surface area contributed by atoms with E-state index in [1.54, 1.807) is 0 Å². The van der Waals surface area contributed by atoms with Crippen LogP contribution in [-0.4, -0.2) is 35.5 Å². The van der Waals surface area contributed by atoms with Gasteiger partial charge in [-0.1, -0.05) is 19.3 Å². The lowest BCUT2D eigenvalue weighted by atomic mass is 9.87. The van der Waals surface area contributed by atoms with Gasteiger partial charge in [-0.2, -0.15) is 0 Å². The predicted octanol–water partition coefficient (Wildman–Crippen LogP) is 2.17. The van der Waals surface area contributed by atoms with Gasteiger partial charge in [0, 0.05) is 30.6 Å². The Labute approximate surface area is 105 Å². The molecule has 98 valence electrons. The van der Waals surface area contributed by atoms with Crippen molar-refractivity contribution in [2.75, 3.05) is 13.1 Å². The molecule has 1 atom stereocenters. The van der Waals surface area contributed by atoms with Gasteiger partial charge in [0.2, 0.25) is 5.91 Å². The normalized spacial score (nSPS) is 30.3. The van der Waals surface area contributed by atoms with E-state index in [9.17, 15) is 4.79 Å². The molecule has 2 rings (SSSR count). The molecule has 1 unspecified atom stereocenters. The Balaban J connectivity index is 2.01. The molecule has 1 amide bonds. The first kappa shape index (κ1) is 12.9. The molecule has 0 bridgehead atoms. The summed E-state index contributed by atoms with van der Waals surface area (Å²) < 4.78 is 0. The van der Waals surface area contributed by atoms with E-state index in [4.69, 9.17) is 0 Å². The van der Waals surface area contributed by atoms with Crippen LogP contribution in [0.3, 0.4) is 0 Å². The number of hydrogen-bond acceptors (Lipinski definition) is 2. The van der Waals surface area contributed by atoms with E-state index in [1.807, 2.05) is 0 Å². The topological polar surface area (TPSA) is 32.3 Å². The van der Waals surface area contributed by atoms with Gasteiger partial charge in [-0.05, 0) is 33.6 Å². The first-order valence-corrected chi connectivity index (χ1v) is 7.05. The van der Waals surface area contributed by atoms with Crippen molar-refractivity contribution in [2.45, 2.75) is 64.5 Å². The van der Waals surface area contributed by atoms with E-state index in [0.717, 1.165) is 25.9 Å². The van der Waals surface area contributed by atoms with Crippen molar-refractivity contribution in [3.05, 3.63) is 0 Å². The van der Waals surface area contributed by atoms with Gasteiger partial charge >= 0.3 is 0 Å². The maximum atomic E-state index is 12.5. The summed E-state index contributed by atoms with van der Waals surface area (Å²) in [5, 5.41) is 3.50.